The summed E-state index contributed by atoms with van der Waals surface area (Å²) in [5.41, 5.74) is 0. The second-order valence-electron chi connectivity index (χ2n) is 5.17. The molecule has 12 heteroatoms. The molecular weight excluding hydrogens is 336 g/mol. The highest BCUT2D eigenvalue weighted by molar-refractivity contribution is 5.84. The lowest BCUT2D eigenvalue weighted by atomic mass is 9.98. The van der Waals surface area contributed by atoms with Gasteiger partial charge in [0, 0.05) is 0 Å². The zero-order chi connectivity index (χ0) is 18.2. The van der Waals surface area contributed by atoms with Crippen LogP contribution >= 0.6 is 0 Å². The topological polar surface area (TPSA) is 203 Å². The molecule has 0 aromatic carbocycles. The molecule has 1 unspecified atom stereocenters. The Bertz CT molecular complexity index is 532. The Morgan fingerprint density at radius 3 is 2.17 bits per heavy atom. The highest BCUT2D eigenvalue weighted by Crippen LogP contribution is 2.27. The molecule has 2 rings (SSSR count). The van der Waals surface area contributed by atoms with Crippen molar-refractivity contribution in [3.63, 3.8) is 0 Å². The fraction of sp³-hybridized carbons (Fsp3) is 0.667. The summed E-state index contributed by atoms with van der Waals surface area (Å²) in [6.07, 6.45) is -14.3. The third kappa shape index (κ3) is 3.49. The lowest BCUT2D eigenvalue weighted by molar-refractivity contribution is -0.319. The van der Waals surface area contributed by atoms with Gasteiger partial charge in [-0.2, -0.15) is 0 Å². The molecule has 2 aliphatic rings. The van der Waals surface area contributed by atoms with E-state index < -0.39 is 66.9 Å². The molecule has 2 heterocycles. The van der Waals surface area contributed by atoms with Gasteiger partial charge in [-0.05, 0) is 6.08 Å². The average molecular weight is 352 g/mol. The molecular formula is C12H16O12. The van der Waals surface area contributed by atoms with Crippen LogP contribution in [0.1, 0.15) is 0 Å². The van der Waals surface area contributed by atoms with Crippen molar-refractivity contribution in [3.8, 4) is 0 Å². The van der Waals surface area contributed by atoms with Crippen molar-refractivity contribution in [2.45, 2.75) is 49.2 Å². The standard InChI is InChI=1S/C12H16O12/c13-2-1-3(9(17)18)22-12(4(2)14)24-7-5(15)6(16)11(21)23-8(7)10(19)20/h1-2,4-8,11-16,21H,(H,17,18)(H,19,20)/t2-,4-,5+,6-,7-,8?,11+,12-/m0/s1. The van der Waals surface area contributed by atoms with Crippen LogP contribution in [0.2, 0.25) is 0 Å². The molecule has 0 bridgehead atoms. The molecule has 0 aliphatic carbocycles. The van der Waals surface area contributed by atoms with Gasteiger partial charge < -0.3 is 50.0 Å². The minimum atomic E-state index is -2.00. The molecule has 0 amide bonds. The monoisotopic (exact) mass is 352 g/mol. The van der Waals surface area contributed by atoms with Gasteiger partial charge in [0.25, 0.3) is 0 Å². The molecule has 12 nitrogen and oxygen atoms in total. The van der Waals surface area contributed by atoms with Gasteiger partial charge in [-0.25, -0.2) is 9.59 Å². The van der Waals surface area contributed by atoms with Gasteiger partial charge in [0.15, 0.2) is 12.4 Å². The summed E-state index contributed by atoms with van der Waals surface area (Å²) in [6.45, 7) is 0. The van der Waals surface area contributed by atoms with Crippen LogP contribution in [0.4, 0.5) is 0 Å². The number of carboxylic acid groups (broad SMARTS) is 2. The van der Waals surface area contributed by atoms with Crippen molar-refractivity contribution in [2.75, 3.05) is 0 Å². The average Bonchev–Trinajstić information content (AvgIpc) is 2.51. The van der Waals surface area contributed by atoms with Crippen LogP contribution in [-0.2, 0) is 23.8 Å². The van der Waals surface area contributed by atoms with E-state index in [9.17, 15) is 35.1 Å². The lowest BCUT2D eigenvalue weighted by Gasteiger charge is -2.41. The van der Waals surface area contributed by atoms with Crippen molar-refractivity contribution < 1.29 is 59.5 Å². The van der Waals surface area contributed by atoms with E-state index in [1.807, 2.05) is 0 Å². The van der Waals surface area contributed by atoms with Crippen molar-refractivity contribution in [3.05, 3.63) is 11.8 Å². The number of ether oxygens (including phenoxy) is 3. The Hall–Kier alpha value is -1.80. The van der Waals surface area contributed by atoms with Gasteiger partial charge in [0.05, 0.1) is 0 Å². The Morgan fingerprint density at radius 2 is 1.62 bits per heavy atom. The molecule has 7 N–H and O–H groups in total. The first-order valence-electron chi connectivity index (χ1n) is 6.69. The highest BCUT2D eigenvalue weighted by Gasteiger charge is 2.50. The predicted molar refractivity (Wildman–Crippen MR) is 68.0 cm³/mol. The first kappa shape index (κ1) is 18.5. The minimum absolute atomic E-state index is 0.702. The summed E-state index contributed by atoms with van der Waals surface area (Å²) in [6, 6.07) is 0. The van der Waals surface area contributed by atoms with E-state index in [0.717, 1.165) is 0 Å². The zero-order valence-corrected chi connectivity index (χ0v) is 11.9. The summed E-state index contributed by atoms with van der Waals surface area (Å²) in [4.78, 5) is 22.0. The molecule has 2 aliphatic heterocycles. The molecule has 0 saturated carbocycles. The van der Waals surface area contributed by atoms with Crippen molar-refractivity contribution >= 4 is 11.9 Å². The van der Waals surface area contributed by atoms with Gasteiger partial charge in [0.1, 0.15) is 30.5 Å². The molecule has 136 valence electrons. The fourth-order valence-corrected chi connectivity index (χ4v) is 2.23. The second kappa shape index (κ2) is 6.98. The molecule has 0 aromatic heterocycles. The number of aliphatic hydroxyl groups is 5. The maximum atomic E-state index is 11.2. The fourth-order valence-electron chi connectivity index (χ4n) is 2.23. The van der Waals surface area contributed by atoms with Crippen LogP contribution < -0.4 is 0 Å². The number of carboxylic acids is 2. The molecule has 24 heavy (non-hydrogen) atoms. The van der Waals surface area contributed by atoms with Gasteiger partial charge in [-0.1, -0.05) is 0 Å². The molecule has 8 atom stereocenters. The highest BCUT2D eigenvalue weighted by atomic mass is 16.7. The van der Waals surface area contributed by atoms with E-state index in [0.29, 0.717) is 6.08 Å². The summed E-state index contributed by atoms with van der Waals surface area (Å²) in [5.74, 6) is -4.01. The molecule has 0 aromatic rings. The Morgan fingerprint density at radius 1 is 1.00 bits per heavy atom. The molecule has 0 spiro atoms. The summed E-state index contributed by atoms with van der Waals surface area (Å²) >= 11 is 0. The first-order chi connectivity index (χ1) is 11.1. The Kier molecular flexibility index (Phi) is 5.39. The third-order valence-corrected chi connectivity index (χ3v) is 3.50. The largest absolute Gasteiger partial charge is 0.479 e. The van der Waals surface area contributed by atoms with Crippen LogP contribution in [0.3, 0.4) is 0 Å². The van der Waals surface area contributed by atoms with E-state index >= 15 is 0 Å². The third-order valence-electron chi connectivity index (χ3n) is 3.50. The summed E-state index contributed by atoms with van der Waals surface area (Å²) in [7, 11) is 0. The van der Waals surface area contributed by atoms with E-state index in [1.165, 1.54) is 0 Å². The number of carbonyl (C=O) groups is 2. The number of hydrogen-bond acceptors (Lipinski definition) is 10. The quantitative estimate of drug-likeness (QED) is 0.258. The van der Waals surface area contributed by atoms with Gasteiger partial charge in [-0.15, -0.1) is 0 Å². The maximum Gasteiger partial charge on any atom is 0.371 e. The number of rotatable bonds is 4. The van der Waals surface area contributed by atoms with Crippen LogP contribution in [0.25, 0.3) is 0 Å². The number of aliphatic carboxylic acids is 2. The van der Waals surface area contributed by atoms with Crippen LogP contribution in [0, 0.1) is 0 Å². The van der Waals surface area contributed by atoms with E-state index in [2.05, 4.69) is 4.74 Å². The Balaban J connectivity index is 2.21. The summed E-state index contributed by atoms with van der Waals surface area (Å²) in [5, 5.41) is 66.0. The van der Waals surface area contributed by atoms with E-state index in [4.69, 9.17) is 19.7 Å². The van der Waals surface area contributed by atoms with Crippen LogP contribution in [0.15, 0.2) is 11.8 Å². The SMILES string of the molecule is O=C(O)C1=C[C@H](O)[C@H](O)[C@H](O[C@@H]2C(C(=O)O)O[C@@H](O)[C@@H](O)[C@H]2O)O1. The minimum Gasteiger partial charge on any atom is -0.479 e. The molecule has 1 fully saturated rings. The van der Waals surface area contributed by atoms with Crippen molar-refractivity contribution in [1.82, 2.24) is 0 Å². The first-order valence-corrected chi connectivity index (χ1v) is 6.69. The molecule has 1 saturated heterocycles. The predicted octanol–water partition coefficient (Wildman–Crippen LogP) is -4.06. The van der Waals surface area contributed by atoms with Gasteiger partial charge >= 0.3 is 11.9 Å². The second-order valence-corrected chi connectivity index (χ2v) is 5.17. The van der Waals surface area contributed by atoms with Crippen molar-refractivity contribution in [1.29, 1.82) is 0 Å². The van der Waals surface area contributed by atoms with Crippen molar-refractivity contribution in [2.24, 2.45) is 0 Å². The lowest BCUT2D eigenvalue weighted by Crippen LogP contribution is -2.62. The zero-order valence-electron chi connectivity index (χ0n) is 11.9. The van der Waals surface area contributed by atoms with Crippen LogP contribution in [-0.4, -0.2) is 96.9 Å². The Labute approximate surface area is 133 Å². The van der Waals surface area contributed by atoms with Gasteiger partial charge in [-0.3, -0.25) is 0 Å². The normalized spacial score (nSPS) is 42.8. The number of aliphatic hydroxyl groups excluding tert-OH is 5. The summed E-state index contributed by atoms with van der Waals surface area (Å²) < 4.78 is 14.4. The maximum absolute atomic E-state index is 11.2. The van der Waals surface area contributed by atoms with E-state index in [1.54, 1.807) is 0 Å². The molecule has 0 radical (unpaired) electrons. The number of hydrogen-bond donors (Lipinski definition) is 7. The van der Waals surface area contributed by atoms with Crippen LogP contribution in [0.5, 0.6) is 0 Å². The van der Waals surface area contributed by atoms with Gasteiger partial charge in [0.2, 0.25) is 12.0 Å². The van der Waals surface area contributed by atoms with E-state index in [-0.39, 0.29) is 0 Å². The smallest absolute Gasteiger partial charge is 0.371 e.